The van der Waals surface area contributed by atoms with E-state index in [0.29, 0.717) is 29.2 Å². The average molecular weight is 429 g/mol. The molecular weight excluding hydrogens is 406 g/mol. The number of methoxy groups -OCH3 is 2. The third-order valence-corrected chi connectivity index (χ3v) is 5.21. The highest BCUT2D eigenvalue weighted by atomic mass is 16.5. The lowest BCUT2D eigenvalue weighted by atomic mass is 10.1. The standard InChI is InChI=1S/C25H23N3O4/c1-31-22-10-9-19(13-23(22)32-2)25(30)28(15-17-6-5-11-26-14-17)16-20-12-18-7-3-4-8-21(18)27-24(20)29/h3-14H,15-16H2,1-2H3,(H,27,29). The van der Waals surface area contributed by atoms with Crippen molar-refractivity contribution in [1.82, 2.24) is 14.9 Å². The van der Waals surface area contributed by atoms with Crippen LogP contribution in [0.1, 0.15) is 21.5 Å². The van der Waals surface area contributed by atoms with Crippen molar-refractivity contribution in [3.63, 3.8) is 0 Å². The lowest BCUT2D eigenvalue weighted by Crippen LogP contribution is -2.32. The van der Waals surface area contributed by atoms with Gasteiger partial charge in [0.1, 0.15) is 0 Å². The number of benzene rings is 2. The first kappa shape index (κ1) is 21.1. The van der Waals surface area contributed by atoms with Gasteiger partial charge >= 0.3 is 0 Å². The van der Waals surface area contributed by atoms with Gasteiger partial charge in [-0.3, -0.25) is 14.6 Å². The van der Waals surface area contributed by atoms with Crippen LogP contribution in [0.15, 0.2) is 77.9 Å². The highest BCUT2D eigenvalue weighted by molar-refractivity contribution is 5.95. The zero-order chi connectivity index (χ0) is 22.5. The minimum Gasteiger partial charge on any atom is -0.493 e. The number of aromatic amines is 1. The molecule has 4 aromatic rings. The molecule has 32 heavy (non-hydrogen) atoms. The summed E-state index contributed by atoms with van der Waals surface area (Å²) in [5.41, 5.74) is 2.33. The van der Waals surface area contributed by atoms with Crippen molar-refractivity contribution < 1.29 is 14.3 Å². The van der Waals surface area contributed by atoms with Gasteiger partial charge in [0.25, 0.3) is 11.5 Å². The first-order valence-electron chi connectivity index (χ1n) is 10.1. The van der Waals surface area contributed by atoms with Gasteiger partial charge < -0.3 is 19.4 Å². The normalized spacial score (nSPS) is 10.7. The van der Waals surface area contributed by atoms with Crippen LogP contribution < -0.4 is 15.0 Å². The van der Waals surface area contributed by atoms with E-state index in [9.17, 15) is 9.59 Å². The molecule has 2 heterocycles. The molecule has 1 amide bonds. The van der Waals surface area contributed by atoms with E-state index in [1.54, 1.807) is 42.6 Å². The fraction of sp³-hybridized carbons (Fsp3) is 0.160. The molecule has 7 nitrogen and oxygen atoms in total. The van der Waals surface area contributed by atoms with Crippen LogP contribution in [-0.2, 0) is 13.1 Å². The van der Waals surface area contributed by atoms with Crippen LogP contribution in [0, 0.1) is 0 Å². The van der Waals surface area contributed by atoms with Crippen molar-refractivity contribution in [3.8, 4) is 11.5 Å². The minimum absolute atomic E-state index is 0.141. The second-order valence-corrected chi connectivity index (χ2v) is 7.30. The Balaban J connectivity index is 1.71. The van der Waals surface area contributed by atoms with Gasteiger partial charge in [0.2, 0.25) is 0 Å². The number of hydrogen-bond acceptors (Lipinski definition) is 5. The number of carbonyl (C=O) groups is 1. The maximum absolute atomic E-state index is 13.5. The number of hydrogen-bond donors (Lipinski definition) is 1. The fourth-order valence-electron chi connectivity index (χ4n) is 3.58. The zero-order valence-corrected chi connectivity index (χ0v) is 17.9. The topological polar surface area (TPSA) is 84.5 Å². The quantitative estimate of drug-likeness (QED) is 0.483. The molecule has 2 aromatic heterocycles. The molecule has 0 aliphatic rings. The van der Waals surface area contributed by atoms with E-state index in [1.807, 2.05) is 42.5 Å². The SMILES string of the molecule is COc1ccc(C(=O)N(Cc2cccnc2)Cc2cc3ccccc3[nH]c2=O)cc1OC. The van der Waals surface area contributed by atoms with Gasteiger partial charge in [0, 0.05) is 35.6 Å². The molecular formula is C25H23N3O4. The number of nitrogens with one attached hydrogen (secondary N) is 1. The van der Waals surface area contributed by atoms with Gasteiger partial charge in [-0.2, -0.15) is 0 Å². The van der Waals surface area contributed by atoms with Crippen LogP contribution in [0.2, 0.25) is 0 Å². The average Bonchev–Trinajstić information content (AvgIpc) is 2.83. The van der Waals surface area contributed by atoms with E-state index in [4.69, 9.17) is 9.47 Å². The second kappa shape index (κ2) is 9.34. The summed E-state index contributed by atoms with van der Waals surface area (Å²) in [5, 5.41) is 0.905. The zero-order valence-electron chi connectivity index (χ0n) is 17.9. The molecule has 0 saturated carbocycles. The molecule has 4 rings (SSSR count). The van der Waals surface area contributed by atoms with Gasteiger partial charge in [-0.25, -0.2) is 0 Å². The molecule has 2 aromatic carbocycles. The molecule has 0 spiro atoms. The van der Waals surface area contributed by atoms with Crippen LogP contribution in [-0.4, -0.2) is 35.0 Å². The van der Waals surface area contributed by atoms with Gasteiger partial charge in [0.05, 0.1) is 20.8 Å². The Kier molecular flexibility index (Phi) is 6.17. The van der Waals surface area contributed by atoms with Crippen LogP contribution in [0.5, 0.6) is 11.5 Å². The van der Waals surface area contributed by atoms with Crippen LogP contribution in [0.4, 0.5) is 0 Å². The summed E-state index contributed by atoms with van der Waals surface area (Å²) in [6.45, 7) is 0.440. The largest absolute Gasteiger partial charge is 0.493 e. The molecule has 0 aliphatic carbocycles. The number of pyridine rings is 2. The summed E-state index contributed by atoms with van der Waals surface area (Å²) >= 11 is 0. The third kappa shape index (κ3) is 4.46. The van der Waals surface area contributed by atoms with Gasteiger partial charge in [-0.15, -0.1) is 0 Å². The summed E-state index contributed by atoms with van der Waals surface area (Å²) in [7, 11) is 3.06. The molecule has 0 aliphatic heterocycles. The smallest absolute Gasteiger partial charge is 0.254 e. The Morgan fingerprint density at radius 2 is 1.78 bits per heavy atom. The predicted molar refractivity (Wildman–Crippen MR) is 122 cm³/mol. The van der Waals surface area contributed by atoms with E-state index < -0.39 is 0 Å². The second-order valence-electron chi connectivity index (χ2n) is 7.30. The van der Waals surface area contributed by atoms with E-state index in [0.717, 1.165) is 16.5 Å². The Hall–Kier alpha value is -4.13. The number of rotatable bonds is 7. The Bertz CT molecular complexity index is 1300. The minimum atomic E-state index is -0.234. The maximum Gasteiger partial charge on any atom is 0.254 e. The van der Waals surface area contributed by atoms with Crippen LogP contribution >= 0.6 is 0 Å². The Morgan fingerprint density at radius 3 is 2.53 bits per heavy atom. The Labute approximate surface area is 185 Å². The summed E-state index contributed by atoms with van der Waals surface area (Å²) in [5.74, 6) is 0.763. The molecule has 0 radical (unpaired) electrons. The van der Waals surface area contributed by atoms with Crippen molar-refractivity contribution in [2.24, 2.45) is 0 Å². The molecule has 0 bridgehead atoms. The van der Waals surface area contributed by atoms with E-state index in [2.05, 4.69) is 9.97 Å². The summed E-state index contributed by atoms with van der Waals surface area (Å²) in [6.07, 6.45) is 3.39. The number of fused-ring (bicyclic) bond motifs is 1. The first-order valence-corrected chi connectivity index (χ1v) is 10.1. The molecule has 0 saturated heterocycles. The number of nitrogens with zero attached hydrogens (tertiary/aromatic N) is 2. The molecule has 0 atom stereocenters. The molecule has 7 heteroatoms. The maximum atomic E-state index is 13.5. The molecule has 0 fully saturated rings. The molecule has 162 valence electrons. The summed E-state index contributed by atoms with van der Waals surface area (Å²) < 4.78 is 10.6. The molecule has 1 N–H and O–H groups in total. The van der Waals surface area contributed by atoms with Crippen molar-refractivity contribution in [2.45, 2.75) is 13.1 Å². The number of para-hydroxylation sites is 1. The number of carbonyl (C=O) groups excluding carboxylic acids is 1. The van der Waals surface area contributed by atoms with Crippen molar-refractivity contribution >= 4 is 16.8 Å². The lowest BCUT2D eigenvalue weighted by molar-refractivity contribution is 0.0729. The van der Waals surface area contributed by atoms with E-state index >= 15 is 0 Å². The lowest BCUT2D eigenvalue weighted by Gasteiger charge is -2.23. The Morgan fingerprint density at radius 1 is 0.969 bits per heavy atom. The fourth-order valence-corrected chi connectivity index (χ4v) is 3.58. The highest BCUT2D eigenvalue weighted by Gasteiger charge is 2.20. The van der Waals surface area contributed by atoms with Crippen molar-refractivity contribution in [3.05, 3.63) is 100 Å². The third-order valence-electron chi connectivity index (χ3n) is 5.21. The number of H-pyrrole nitrogens is 1. The molecule has 0 unspecified atom stereocenters. The van der Waals surface area contributed by atoms with Gasteiger partial charge in [-0.1, -0.05) is 24.3 Å². The number of aromatic nitrogens is 2. The van der Waals surface area contributed by atoms with Crippen LogP contribution in [0.25, 0.3) is 10.9 Å². The van der Waals surface area contributed by atoms with Crippen molar-refractivity contribution in [2.75, 3.05) is 14.2 Å². The predicted octanol–water partition coefficient (Wildman–Crippen LogP) is 3.78. The summed E-state index contributed by atoms with van der Waals surface area (Å²) in [4.78, 5) is 34.9. The highest BCUT2D eigenvalue weighted by Crippen LogP contribution is 2.28. The van der Waals surface area contributed by atoms with Crippen molar-refractivity contribution in [1.29, 1.82) is 0 Å². The number of ether oxygens (including phenoxy) is 2. The van der Waals surface area contributed by atoms with Gasteiger partial charge in [0.15, 0.2) is 11.5 Å². The summed E-state index contributed by atoms with van der Waals surface area (Å²) in [6, 6.07) is 18.1. The van der Waals surface area contributed by atoms with Gasteiger partial charge in [-0.05, 0) is 47.3 Å². The van der Waals surface area contributed by atoms with E-state index in [1.165, 1.54) is 7.11 Å². The van der Waals surface area contributed by atoms with E-state index in [-0.39, 0.29) is 18.0 Å². The monoisotopic (exact) mass is 429 g/mol. The number of amides is 1. The van der Waals surface area contributed by atoms with Crippen LogP contribution in [0.3, 0.4) is 0 Å². The first-order chi connectivity index (χ1) is 15.6.